The van der Waals surface area contributed by atoms with Crippen molar-refractivity contribution < 1.29 is 4.74 Å². The molecular formula is C5H3Cl3OS. The number of hydrogen-bond acceptors (Lipinski definition) is 2. The van der Waals surface area contributed by atoms with Gasteiger partial charge in [0.05, 0.1) is 12.1 Å². The van der Waals surface area contributed by atoms with E-state index in [4.69, 9.17) is 39.5 Å². The van der Waals surface area contributed by atoms with Gasteiger partial charge in [-0.2, -0.15) is 0 Å². The lowest BCUT2D eigenvalue weighted by Crippen LogP contribution is -1.75. The molecule has 0 amide bonds. The van der Waals surface area contributed by atoms with Gasteiger partial charge < -0.3 is 4.74 Å². The minimum absolute atomic E-state index is 0.366. The summed E-state index contributed by atoms with van der Waals surface area (Å²) in [4.78, 5) is 0. The first-order valence-electron chi connectivity index (χ1n) is 2.34. The molecule has 0 saturated heterocycles. The molecule has 0 aliphatic rings. The van der Waals surface area contributed by atoms with Crippen LogP contribution in [0.2, 0.25) is 14.4 Å². The number of ether oxygens (including phenoxy) is 1. The van der Waals surface area contributed by atoms with Crippen LogP contribution in [0.1, 0.15) is 0 Å². The summed E-state index contributed by atoms with van der Waals surface area (Å²) in [5.41, 5.74) is 0. The lowest BCUT2D eigenvalue weighted by Gasteiger charge is -1.91. The number of thiophene rings is 1. The van der Waals surface area contributed by atoms with Crippen molar-refractivity contribution >= 4 is 46.1 Å². The molecule has 1 nitrogen and oxygen atoms in total. The van der Waals surface area contributed by atoms with Crippen molar-refractivity contribution in [1.82, 2.24) is 0 Å². The predicted octanol–water partition coefficient (Wildman–Crippen LogP) is 3.72. The van der Waals surface area contributed by atoms with Crippen LogP contribution >= 0.6 is 46.1 Å². The van der Waals surface area contributed by atoms with E-state index in [1.807, 2.05) is 0 Å². The van der Waals surface area contributed by atoms with E-state index in [2.05, 4.69) is 0 Å². The monoisotopic (exact) mass is 216 g/mol. The van der Waals surface area contributed by atoms with Gasteiger partial charge in [-0.25, -0.2) is 0 Å². The second-order valence-corrected chi connectivity index (χ2v) is 3.84. The smallest absolute Gasteiger partial charge is 0.195 e. The fourth-order valence-corrected chi connectivity index (χ4v) is 2.06. The lowest BCUT2D eigenvalue weighted by atomic mass is 10.6. The van der Waals surface area contributed by atoms with E-state index < -0.39 is 0 Å². The van der Waals surface area contributed by atoms with Gasteiger partial charge in [0.15, 0.2) is 5.06 Å². The SMILES string of the molecule is COc1sc(Cl)c(Cl)c1Cl. The first kappa shape index (κ1) is 8.47. The third-order valence-electron chi connectivity index (χ3n) is 0.912. The third kappa shape index (κ3) is 1.35. The van der Waals surface area contributed by atoms with Crippen molar-refractivity contribution in [2.75, 3.05) is 7.11 Å². The molecular weight excluding hydrogens is 214 g/mol. The summed E-state index contributed by atoms with van der Waals surface area (Å²) in [5, 5.41) is 1.31. The minimum atomic E-state index is 0.366. The molecule has 1 aromatic rings. The van der Waals surface area contributed by atoms with E-state index in [0.717, 1.165) is 0 Å². The molecule has 0 fully saturated rings. The Balaban J connectivity index is 3.17. The summed E-state index contributed by atoms with van der Waals surface area (Å²) in [5.74, 6) is 0. The van der Waals surface area contributed by atoms with Gasteiger partial charge in [0.25, 0.3) is 0 Å². The maximum atomic E-state index is 5.68. The second kappa shape index (κ2) is 3.18. The maximum absolute atomic E-state index is 5.68. The molecule has 0 N–H and O–H groups in total. The van der Waals surface area contributed by atoms with E-state index in [0.29, 0.717) is 19.4 Å². The number of rotatable bonds is 1. The Kier molecular flexibility index (Phi) is 2.69. The summed E-state index contributed by atoms with van der Waals surface area (Å²) >= 11 is 18.2. The molecule has 0 spiro atoms. The zero-order valence-corrected chi connectivity index (χ0v) is 8.03. The summed E-state index contributed by atoms with van der Waals surface area (Å²) in [6.07, 6.45) is 0. The second-order valence-electron chi connectivity index (χ2n) is 1.50. The van der Waals surface area contributed by atoms with Gasteiger partial charge >= 0.3 is 0 Å². The summed E-state index contributed by atoms with van der Waals surface area (Å²) < 4.78 is 5.33. The van der Waals surface area contributed by atoms with Crippen molar-refractivity contribution in [3.63, 3.8) is 0 Å². The van der Waals surface area contributed by atoms with Gasteiger partial charge in [-0.15, -0.1) is 0 Å². The van der Waals surface area contributed by atoms with Crippen molar-refractivity contribution in [2.45, 2.75) is 0 Å². The van der Waals surface area contributed by atoms with Gasteiger partial charge in [0.1, 0.15) is 9.36 Å². The van der Waals surface area contributed by atoms with Crippen LogP contribution in [0.15, 0.2) is 0 Å². The average molecular weight is 218 g/mol. The molecule has 0 aliphatic carbocycles. The molecule has 0 aliphatic heterocycles. The predicted molar refractivity (Wildman–Crippen MR) is 45.9 cm³/mol. The van der Waals surface area contributed by atoms with Gasteiger partial charge in [0.2, 0.25) is 0 Å². The van der Waals surface area contributed by atoms with Crippen LogP contribution in [0.25, 0.3) is 0 Å². The van der Waals surface area contributed by atoms with Gasteiger partial charge in [-0.1, -0.05) is 46.1 Å². The van der Waals surface area contributed by atoms with E-state index in [1.165, 1.54) is 18.4 Å². The van der Waals surface area contributed by atoms with Crippen molar-refractivity contribution in [3.8, 4) is 5.06 Å². The fourth-order valence-electron chi connectivity index (χ4n) is 0.478. The number of methoxy groups -OCH3 is 1. The first-order valence-corrected chi connectivity index (χ1v) is 4.29. The highest BCUT2D eigenvalue weighted by molar-refractivity contribution is 7.19. The van der Waals surface area contributed by atoms with Crippen molar-refractivity contribution in [1.29, 1.82) is 0 Å². The Hall–Kier alpha value is 0.370. The number of halogens is 3. The molecule has 0 bridgehead atoms. The molecule has 0 unspecified atom stereocenters. The van der Waals surface area contributed by atoms with Crippen LogP contribution in [-0.2, 0) is 0 Å². The molecule has 10 heavy (non-hydrogen) atoms. The Bertz CT molecular complexity index is 245. The van der Waals surface area contributed by atoms with Crippen LogP contribution in [0.4, 0.5) is 0 Å². The normalized spacial score (nSPS) is 10.0. The quantitative estimate of drug-likeness (QED) is 0.697. The van der Waals surface area contributed by atoms with Gasteiger partial charge in [0, 0.05) is 0 Å². The third-order valence-corrected chi connectivity index (χ3v) is 3.43. The fraction of sp³-hybridized carbons (Fsp3) is 0.200. The summed E-state index contributed by atoms with van der Waals surface area (Å²) in [6, 6.07) is 0. The van der Waals surface area contributed by atoms with E-state index in [1.54, 1.807) is 0 Å². The largest absolute Gasteiger partial charge is 0.486 e. The molecule has 56 valence electrons. The molecule has 0 radical (unpaired) electrons. The van der Waals surface area contributed by atoms with Crippen LogP contribution < -0.4 is 4.74 Å². The highest BCUT2D eigenvalue weighted by atomic mass is 35.5. The van der Waals surface area contributed by atoms with E-state index >= 15 is 0 Å². The standard InChI is InChI=1S/C5H3Cl3OS/c1-9-5-3(7)2(6)4(8)10-5/h1H3. The number of hydrogen-bond donors (Lipinski definition) is 0. The van der Waals surface area contributed by atoms with E-state index in [9.17, 15) is 0 Å². The molecule has 0 atom stereocenters. The molecule has 1 heterocycles. The maximum Gasteiger partial charge on any atom is 0.195 e. The highest BCUT2D eigenvalue weighted by Gasteiger charge is 2.13. The summed E-state index contributed by atoms with van der Waals surface area (Å²) in [7, 11) is 1.52. The molecule has 1 rings (SSSR count). The summed E-state index contributed by atoms with van der Waals surface area (Å²) in [6.45, 7) is 0. The van der Waals surface area contributed by atoms with Gasteiger partial charge in [-0.05, 0) is 0 Å². The van der Waals surface area contributed by atoms with Crippen molar-refractivity contribution in [3.05, 3.63) is 14.4 Å². The van der Waals surface area contributed by atoms with Crippen LogP contribution in [0.3, 0.4) is 0 Å². The Morgan fingerprint density at radius 2 is 1.80 bits per heavy atom. The van der Waals surface area contributed by atoms with Crippen molar-refractivity contribution in [2.24, 2.45) is 0 Å². The average Bonchev–Trinajstić information content (AvgIpc) is 2.17. The Morgan fingerprint density at radius 1 is 1.20 bits per heavy atom. The van der Waals surface area contributed by atoms with E-state index in [-0.39, 0.29) is 0 Å². The Labute approximate surface area is 77.5 Å². The zero-order valence-electron chi connectivity index (χ0n) is 4.95. The lowest BCUT2D eigenvalue weighted by molar-refractivity contribution is 0.427. The Morgan fingerprint density at radius 3 is 2.00 bits per heavy atom. The molecule has 0 saturated carbocycles. The van der Waals surface area contributed by atoms with Crippen LogP contribution in [0, 0.1) is 0 Å². The van der Waals surface area contributed by atoms with Crippen LogP contribution in [0.5, 0.6) is 5.06 Å². The first-order chi connectivity index (χ1) is 4.66. The zero-order chi connectivity index (χ0) is 7.72. The highest BCUT2D eigenvalue weighted by Crippen LogP contribution is 2.45. The molecule has 1 aromatic heterocycles. The minimum Gasteiger partial charge on any atom is -0.486 e. The van der Waals surface area contributed by atoms with Crippen LogP contribution in [-0.4, -0.2) is 7.11 Å². The van der Waals surface area contributed by atoms with Gasteiger partial charge in [-0.3, -0.25) is 0 Å². The molecule has 5 heteroatoms. The topological polar surface area (TPSA) is 9.23 Å². The molecule has 0 aromatic carbocycles.